The Bertz CT molecular complexity index is 553. The van der Waals surface area contributed by atoms with Crippen LogP contribution in [0.3, 0.4) is 0 Å². The summed E-state index contributed by atoms with van der Waals surface area (Å²) in [5, 5.41) is 23.2. The van der Waals surface area contributed by atoms with Gasteiger partial charge >= 0.3 is 0 Å². The summed E-state index contributed by atoms with van der Waals surface area (Å²) in [4.78, 5) is 12.7. The quantitative estimate of drug-likeness (QED) is 0.675. The highest BCUT2D eigenvalue weighted by molar-refractivity contribution is 5.59. The molecule has 1 aromatic rings. The van der Waals surface area contributed by atoms with Crippen LogP contribution in [0, 0.1) is 27.4 Å². The van der Waals surface area contributed by atoms with Gasteiger partial charge in [-0.3, -0.25) is 10.1 Å². The molecular formula is C14H18N4O2. The third kappa shape index (κ3) is 3.06. The molecular weight excluding hydrogens is 256 g/mol. The summed E-state index contributed by atoms with van der Waals surface area (Å²) in [6, 6.07) is 6.83. The molecule has 0 aliphatic carbocycles. The van der Waals surface area contributed by atoms with E-state index in [0.717, 1.165) is 19.5 Å². The molecule has 1 aliphatic heterocycles. The first-order chi connectivity index (χ1) is 9.51. The van der Waals surface area contributed by atoms with Crippen LogP contribution in [0.5, 0.6) is 0 Å². The Labute approximate surface area is 118 Å². The van der Waals surface area contributed by atoms with Gasteiger partial charge in [0.1, 0.15) is 11.6 Å². The van der Waals surface area contributed by atoms with Crippen LogP contribution in [-0.2, 0) is 0 Å². The molecule has 0 radical (unpaired) electrons. The van der Waals surface area contributed by atoms with Crippen molar-refractivity contribution in [1.29, 1.82) is 5.26 Å². The molecule has 6 heteroatoms. The molecule has 106 valence electrons. The third-order valence-corrected chi connectivity index (χ3v) is 3.78. The molecule has 2 atom stereocenters. The van der Waals surface area contributed by atoms with Gasteiger partial charge in [0.2, 0.25) is 0 Å². The highest BCUT2D eigenvalue weighted by Gasteiger charge is 2.24. The number of hydrogen-bond donors (Lipinski definition) is 1. The minimum atomic E-state index is -0.512. The number of nitro benzene ring substituents is 1. The van der Waals surface area contributed by atoms with Gasteiger partial charge in [-0.15, -0.1) is 0 Å². The minimum Gasteiger partial charge on any atom is -0.382 e. The summed E-state index contributed by atoms with van der Waals surface area (Å²) >= 11 is 0. The van der Waals surface area contributed by atoms with Crippen molar-refractivity contribution < 1.29 is 4.92 Å². The van der Waals surface area contributed by atoms with Crippen LogP contribution in [0.4, 0.5) is 11.4 Å². The van der Waals surface area contributed by atoms with Crippen LogP contribution >= 0.6 is 0 Å². The lowest BCUT2D eigenvalue weighted by Crippen LogP contribution is -2.43. The predicted octanol–water partition coefficient (Wildman–Crippen LogP) is 2.22. The van der Waals surface area contributed by atoms with Gasteiger partial charge in [0.15, 0.2) is 0 Å². The Morgan fingerprint density at radius 3 is 2.90 bits per heavy atom. The lowest BCUT2D eigenvalue weighted by Gasteiger charge is -2.35. The summed E-state index contributed by atoms with van der Waals surface area (Å²) in [7, 11) is 2.10. The van der Waals surface area contributed by atoms with Gasteiger partial charge in [-0.25, -0.2) is 0 Å². The lowest BCUT2D eigenvalue weighted by molar-refractivity contribution is -0.385. The summed E-state index contributed by atoms with van der Waals surface area (Å²) in [5.41, 5.74) is 0.659. The Morgan fingerprint density at radius 1 is 1.55 bits per heavy atom. The van der Waals surface area contributed by atoms with Crippen molar-refractivity contribution >= 4 is 11.4 Å². The van der Waals surface area contributed by atoms with E-state index in [2.05, 4.69) is 24.2 Å². The molecule has 6 nitrogen and oxygen atoms in total. The number of nitrogens with one attached hydrogen (secondary N) is 1. The van der Waals surface area contributed by atoms with Crippen LogP contribution in [-0.4, -0.2) is 36.0 Å². The van der Waals surface area contributed by atoms with Crippen LogP contribution in [0.1, 0.15) is 18.9 Å². The maximum Gasteiger partial charge on any atom is 0.289 e. The number of likely N-dealkylation sites (tertiary alicyclic amines) is 1. The Morgan fingerprint density at radius 2 is 2.30 bits per heavy atom. The summed E-state index contributed by atoms with van der Waals surface area (Å²) in [6.07, 6.45) is 1.01. The molecule has 2 rings (SSSR count). The maximum atomic E-state index is 11.0. The van der Waals surface area contributed by atoms with E-state index in [-0.39, 0.29) is 11.3 Å². The average molecular weight is 274 g/mol. The molecule has 0 bridgehead atoms. The number of nitrogens with zero attached hydrogens (tertiary/aromatic N) is 3. The number of nitro groups is 1. The van der Waals surface area contributed by atoms with Gasteiger partial charge in [0, 0.05) is 24.3 Å². The van der Waals surface area contributed by atoms with E-state index in [4.69, 9.17) is 5.26 Å². The number of hydrogen-bond acceptors (Lipinski definition) is 5. The van der Waals surface area contributed by atoms with Gasteiger partial charge in [-0.2, -0.15) is 5.26 Å². The standard InChI is InChI=1S/C14H18N4O2/c1-10-9-17(2)6-5-13(10)16-12-4-3-11(8-15)14(7-12)18(19)20/h3-4,7,10,13,16H,5-6,9H2,1-2H3. The van der Waals surface area contributed by atoms with Crippen LogP contribution in [0.25, 0.3) is 0 Å². The second kappa shape index (κ2) is 5.88. The van der Waals surface area contributed by atoms with E-state index in [1.807, 2.05) is 6.07 Å². The van der Waals surface area contributed by atoms with Gasteiger partial charge in [-0.05, 0) is 38.1 Å². The molecule has 20 heavy (non-hydrogen) atoms. The zero-order valence-electron chi connectivity index (χ0n) is 11.7. The van der Waals surface area contributed by atoms with E-state index in [0.29, 0.717) is 17.6 Å². The van der Waals surface area contributed by atoms with Gasteiger partial charge in [0.05, 0.1) is 4.92 Å². The van der Waals surface area contributed by atoms with E-state index in [9.17, 15) is 10.1 Å². The molecule has 1 saturated heterocycles. The van der Waals surface area contributed by atoms with Crippen molar-refractivity contribution in [3.05, 3.63) is 33.9 Å². The largest absolute Gasteiger partial charge is 0.382 e. The van der Waals surface area contributed by atoms with Crippen molar-refractivity contribution in [1.82, 2.24) is 4.90 Å². The van der Waals surface area contributed by atoms with Crippen molar-refractivity contribution in [3.63, 3.8) is 0 Å². The molecule has 2 unspecified atom stereocenters. The molecule has 0 saturated carbocycles. The van der Waals surface area contributed by atoms with Crippen LogP contribution in [0.15, 0.2) is 18.2 Å². The monoisotopic (exact) mass is 274 g/mol. The van der Waals surface area contributed by atoms with Gasteiger partial charge in [-0.1, -0.05) is 6.92 Å². The number of piperidine rings is 1. The van der Waals surface area contributed by atoms with Crippen molar-refractivity contribution in [2.75, 3.05) is 25.5 Å². The fourth-order valence-electron chi connectivity index (χ4n) is 2.65. The highest BCUT2D eigenvalue weighted by Crippen LogP contribution is 2.25. The average Bonchev–Trinajstić information content (AvgIpc) is 2.41. The fourth-order valence-corrected chi connectivity index (χ4v) is 2.65. The third-order valence-electron chi connectivity index (χ3n) is 3.78. The predicted molar refractivity (Wildman–Crippen MR) is 76.5 cm³/mol. The second-order valence-electron chi connectivity index (χ2n) is 5.38. The smallest absolute Gasteiger partial charge is 0.289 e. The van der Waals surface area contributed by atoms with Crippen molar-refractivity contribution in [2.24, 2.45) is 5.92 Å². The van der Waals surface area contributed by atoms with Gasteiger partial charge < -0.3 is 10.2 Å². The number of anilines is 1. The SMILES string of the molecule is CC1CN(C)CCC1Nc1ccc(C#N)c([N+](=O)[O-])c1. The van der Waals surface area contributed by atoms with Gasteiger partial charge in [0.25, 0.3) is 5.69 Å². The summed E-state index contributed by atoms with van der Waals surface area (Å²) in [6.45, 7) is 4.20. The number of rotatable bonds is 3. The number of nitriles is 1. The molecule has 1 heterocycles. The molecule has 0 amide bonds. The fraction of sp³-hybridized carbons (Fsp3) is 0.500. The first-order valence-electron chi connectivity index (χ1n) is 6.65. The Kier molecular flexibility index (Phi) is 4.20. The Hall–Kier alpha value is -2.13. The van der Waals surface area contributed by atoms with Crippen molar-refractivity contribution in [2.45, 2.75) is 19.4 Å². The summed E-state index contributed by atoms with van der Waals surface area (Å²) in [5.74, 6) is 0.475. The molecule has 1 N–H and O–H groups in total. The van der Waals surface area contributed by atoms with E-state index in [1.54, 1.807) is 6.07 Å². The zero-order chi connectivity index (χ0) is 14.7. The van der Waals surface area contributed by atoms with Crippen LogP contribution < -0.4 is 5.32 Å². The van der Waals surface area contributed by atoms with Crippen molar-refractivity contribution in [3.8, 4) is 6.07 Å². The van der Waals surface area contributed by atoms with Crippen LogP contribution in [0.2, 0.25) is 0 Å². The Balaban J connectivity index is 2.16. The van der Waals surface area contributed by atoms with E-state index in [1.165, 1.54) is 12.1 Å². The summed E-state index contributed by atoms with van der Waals surface area (Å²) < 4.78 is 0. The normalized spacial score (nSPS) is 23.1. The molecule has 0 aromatic heterocycles. The first-order valence-corrected chi connectivity index (χ1v) is 6.65. The zero-order valence-corrected chi connectivity index (χ0v) is 11.7. The second-order valence-corrected chi connectivity index (χ2v) is 5.38. The topological polar surface area (TPSA) is 82.2 Å². The maximum absolute atomic E-state index is 11.0. The highest BCUT2D eigenvalue weighted by atomic mass is 16.6. The molecule has 1 aromatic carbocycles. The van der Waals surface area contributed by atoms with E-state index >= 15 is 0 Å². The minimum absolute atomic E-state index is 0.0944. The first kappa shape index (κ1) is 14.3. The molecule has 0 spiro atoms. The molecule has 1 aliphatic rings. The van der Waals surface area contributed by atoms with E-state index < -0.39 is 4.92 Å². The molecule has 1 fully saturated rings. The number of benzene rings is 1. The lowest BCUT2D eigenvalue weighted by atomic mass is 9.94.